The molecule has 3 fully saturated rings. The van der Waals surface area contributed by atoms with Gasteiger partial charge in [-0.3, -0.25) is 0 Å². The maximum atomic E-state index is 6.24. The third-order valence-corrected chi connectivity index (χ3v) is 5.49. The van der Waals surface area contributed by atoms with Gasteiger partial charge in [-0.2, -0.15) is 0 Å². The summed E-state index contributed by atoms with van der Waals surface area (Å²) in [5.74, 6) is 3.14. The van der Waals surface area contributed by atoms with Crippen molar-refractivity contribution in [3.63, 3.8) is 0 Å². The minimum Gasteiger partial charge on any atom is -0.327 e. The van der Waals surface area contributed by atoms with E-state index in [4.69, 9.17) is 5.73 Å². The first-order chi connectivity index (χ1) is 6.70. The molecule has 14 heavy (non-hydrogen) atoms. The first-order valence-electron chi connectivity index (χ1n) is 6.45. The Morgan fingerprint density at radius 3 is 2.71 bits per heavy atom. The van der Waals surface area contributed by atoms with Crippen molar-refractivity contribution in [1.29, 1.82) is 0 Å². The van der Waals surface area contributed by atoms with Crippen LogP contribution in [-0.4, -0.2) is 6.04 Å². The molecular weight excluding hydrogens is 170 g/mol. The van der Waals surface area contributed by atoms with Crippen molar-refractivity contribution in [2.75, 3.05) is 0 Å². The fourth-order valence-corrected chi connectivity index (χ4v) is 4.77. The van der Waals surface area contributed by atoms with Gasteiger partial charge in [-0.15, -0.1) is 0 Å². The molecule has 0 saturated heterocycles. The van der Waals surface area contributed by atoms with Gasteiger partial charge in [0, 0.05) is 6.04 Å². The van der Waals surface area contributed by atoms with Gasteiger partial charge in [0.05, 0.1) is 0 Å². The van der Waals surface area contributed by atoms with Gasteiger partial charge >= 0.3 is 0 Å². The molecule has 1 heteroatoms. The van der Waals surface area contributed by atoms with Crippen LogP contribution in [0.2, 0.25) is 0 Å². The van der Waals surface area contributed by atoms with Gasteiger partial charge in [0.2, 0.25) is 0 Å². The van der Waals surface area contributed by atoms with E-state index in [1.807, 2.05) is 0 Å². The lowest BCUT2D eigenvalue weighted by Crippen LogP contribution is -2.41. The van der Waals surface area contributed by atoms with E-state index >= 15 is 0 Å². The first-order valence-corrected chi connectivity index (χ1v) is 6.45. The highest BCUT2D eigenvalue weighted by Gasteiger charge is 2.52. The molecule has 0 aromatic rings. The molecule has 3 bridgehead atoms. The number of rotatable bonds is 1. The lowest BCUT2D eigenvalue weighted by Gasteiger charge is -2.41. The largest absolute Gasteiger partial charge is 0.327 e. The quantitative estimate of drug-likeness (QED) is 0.681. The van der Waals surface area contributed by atoms with Gasteiger partial charge < -0.3 is 5.73 Å². The molecule has 80 valence electrons. The first kappa shape index (κ1) is 9.21. The van der Waals surface area contributed by atoms with Crippen LogP contribution in [-0.2, 0) is 0 Å². The van der Waals surface area contributed by atoms with E-state index in [-0.39, 0.29) is 0 Å². The SMILES string of the molecule is CC(N)C12CC3CCCC(C1)C(C3)C2. The predicted molar refractivity (Wildman–Crippen MR) is 58.9 cm³/mol. The van der Waals surface area contributed by atoms with Crippen molar-refractivity contribution in [1.82, 2.24) is 0 Å². The summed E-state index contributed by atoms with van der Waals surface area (Å²) in [7, 11) is 0. The van der Waals surface area contributed by atoms with Crippen molar-refractivity contribution >= 4 is 0 Å². The van der Waals surface area contributed by atoms with Gasteiger partial charge in [0.25, 0.3) is 0 Å². The molecule has 0 aromatic carbocycles. The summed E-state index contributed by atoms with van der Waals surface area (Å²) in [5.41, 5.74) is 6.81. The van der Waals surface area contributed by atoms with E-state index in [1.165, 1.54) is 38.5 Å². The maximum Gasteiger partial charge on any atom is 0.00673 e. The van der Waals surface area contributed by atoms with E-state index < -0.39 is 0 Å². The normalized spacial score (nSPS) is 53.1. The zero-order valence-corrected chi connectivity index (χ0v) is 9.34. The molecule has 3 rings (SSSR count). The van der Waals surface area contributed by atoms with Crippen LogP contribution in [0.1, 0.15) is 51.9 Å². The lowest BCUT2D eigenvalue weighted by atomic mass is 9.66. The summed E-state index contributed by atoms with van der Waals surface area (Å²) in [6.07, 6.45) is 10.4. The highest BCUT2D eigenvalue weighted by Crippen LogP contribution is 2.60. The molecule has 0 radical (unpaired) electrons. The Bertz CT molecular complexity index is 231. The summed E-state index contributed by atoms with van der Waals surface area (Å²) in [5, 5.41) is 0. The Balaban J connectivity index is 1.92. The topological polar surface area (TPSA) is 26.0 Å². The highest BCUT2D eigenvalue weighted by atomic mass is 14.7. The molecule has 2 N–H and O–H groups in total. The smallest absolute Gasteiger partial charge is 0.00673 e. The number of hydrogen-bond donors (Lipinski definition) is 1. The summed E-state index contributed by atoms with van der Waals surface area (Å²) in [4.78, 5) is 0. The van der Waals surface area contributed by atoms with Gasteiger partial charge in [0.15, 0.2) is 0 Å². The van der Waals surface area contributed by atoms with Crippen LogP contribution in [0.3, 0.4) is 0 Å². The van der Waals surface area contributed by atoms with Crippen molar-refractivity contribution in [3.8, 4) is 0 Å². The molecule has 3 aliphatic rings. The summed E-state index contributed by atoms with van der Waals surface area (Å²) >= 11 is 0. The Hall–Kier alpha value is -0.0400. The molecule has 0 spiro atoms. The minimum atomic E-state index is 0.441. The van der Waals surface area contributed by atoms with Crippen molar-refractivity contribution in [2.24, 2.45) is 28.9 Å². The summed E-state index contributed by atoms with van der Waals surface area (Å²) in [6, 6.07) is 0.441. The predicted octanol–water partition coefficient (Wildman–Crippen LogP) is 2.94. The standard InChI is InChI=1S/C13H23N/c1-9(14)13-6-10-3-2-4-11(7-13)12(5-10)8-13/h9-12H,2-8,14H2,1H3. The number of fused-ring (bicyclic) bond motifs is 2. The molecule has 3 aliphatic carbocycles. The Labute approximate surface area is 87.4 Å². The molecule has 5 atom stereocenters. The van der Waals surface area contributed by atoms with E-state index in [1.54, 1.807) is 6.42 Å². The monoisotopic (exact) mass is 193 g/mol. The minimum absolute atomic E-state index is 0.441. The lowest BCUT2D eigenvalue weighted by molar-refractivity contribution is 0.121. The Morgan fingerprint density at radius 2 is 1.93 bits per heavy atom. The van der Waals surface area contributed by atoms with E-state index in [0.29, 0.717) is 11.5 Å². The van der Waals surface area contributed by atoms with Gasteiger partial charge in [-0.25, -0.2) is 0 Å². The molecule has 0 aromatic heterocycles. The van der Waals surface area contributed by atoms with Crippen molar-refractivity contribution < 1.29 is 0 Å². The zero-order valence-electron chi connectivity index (χ0n) is 9.34. The van der Waals surface area contributed by atoms with E-state index in [0.717, 1.165) is 17.8 Å². The highest BCUT2D eigenvalue weighted by molar-refractivity contribution is 5.04. The molecule has 5 unspecified atom stereocenters. The molecule has 0 heterocycles. The fraction of sp³-hybridized carbons (Fsp3) is 1.00. The molecule has 3 saturated carbocycles. The number of nitrogens with two attached hydrogens (primary N) is 1. The maximum absolute atomic E-state index is 6.24. The van der Waals surface area contributed by atoms with Crippen LogP contribution in [0.15, 0.2) is 0 Å². The van der Waals surface area contributed by atoms with Crippen LogP contribution >= 0.6 is 0 Å². The van der Waals surface area contributed by atoms with Crippen LogP contribution in [0.5, 0.6) is 0 Å². The summed E-state index contributed by atoms with van der Waals surface area (Å²) in [6.45, 7) is 2.25. The number of hydrogen-bond acceptors (Lipinski definition) is 1. The van der Waals surface area contributed by atoms with E-state index in [2.05, 4.69) is 6.92 Å². The molecule has 1 nitrogen and oxygen atoms in total. The average Bonchev–Trinajstić information content (AvgIpc) is 2.30. The van der Waals surface area contributed by atoms with Crippen molar-refractivity contribution in [3.05, 3.63) is 0 Å². The third kappa shape index (κ3) is 1.18. The van der Waals surface area contributed by atoms with Gasteiger partial charge in [-0.1, -0.05) is 19.3 Å². The average molecular weight is 193 g/mol. The van der Waals surface area contributed by atoms with Gasteiger partial charge in [0.1, 0.15) is 0 Å². The van der Waals surface area contributed by atoms with Crippen molar-refractivity contribution in [2.45, 2.75) is 57.9 Å². The summed E-state index contributed by atoms with van der Waals surface area (Å²) < 4.78 is 0. The molecule has 0 aliphatic heterocycles. The van der Waals surface area contributed by atoms with Crippen LogP contribution in [0.25, 0.3) is 0 Å². The second kappa shape index (κ2) is 2.98. The van der Waals surface area contributed by atoms with Crippen LogP contribution in [0.4, 0.5) is 0 Å². The molecular formula is C13H23N. The zero-order chi connectivity index (χ0) is 9.76. The van der Waals surface area contributed by atoms with E-state index in [9.17, 15) is 0 Å². The second-order valence-electron chi connectivity index (χ2n) is 6.32. The molecule has 0 amide bonds. The Morgan fingerprint density at radius 1 is 1.14 bits per heavy atom. The van der Waals surface area contributed by atoms with Crippen LogP contribution < -0.4 is 5.73 Å². The third-order valence-electron chi connectivity index (χ3n) is 5.49. The van der Waals surface area contributed by atoms with Crippen LogP contribution in [0, 0.1) is 23.2 Å². The van der Waals surface area contributed by atoms with Gasteiger partial charge in [-0.05, 0) is 55.8 Å². The fourth-order valence-electron chi connectivity index (χ4n) is 4.77. The second-order valence-corrected chi connectivity index (χ2v) is 6.32. The Kier molecular flexibility index (Phi) is 1.96.